The third-order valence-corrected chi connectivity index (χ3v) is 5.21. The number of nitrogens with two attached hydrogens (primary N) is 1. The van der Waals surface area contributed by atoms with Crippen molar-refractivity contribution >= 4 is 27.5 Å². The number of hydrogen-bond donors (Lipinski definition) is 2. The molecule has 0 saturated carbocycles. The molecule has 2 aromatic rings. The first kappa shape index (κ1) is 15.7. The summed E-state index contributed by atoms with van der Waals surface area (Å²) in [6.07, 6.45) is 0. The van der Waals surface area contributed by atoms with Gasteiger partial charge in [0.2, 0.25) is 10.0 Å². The monoisotopic (exact) mass is 330 g/mol. The molecule has 0 aliphatic rings. The molecular formula is C13H12F2N2O2S2. The first-order chi connectivity index (χ1) is 9.83. The summed E-state index contributed by atoms with van der Waals surface area (Å²) in [6, 6.07) is 7.27. The largest absolute Gasteiger partial charge is 0.398 e. The molecule has 0 atom stereocenters. The standard InChI is InChI=1S/C13H12F2N2O2S2/c1-17-21(18,19)9-3-4-11(16)13(7-9)20-12-5-2-8(14)6-10(12)15/h2-7,17H,16H2,1H3. The molecule has 0 amide bonds. The number of halogens is 2. The molecule has 0 aromatic heterocycles. The second-order valence-corrected chi connectivity index (χ2v) is 7.05. The maximum Gasteiger partial charge on any atom is 0.240 e. The molecule has 21 heavy (non-hydrogen) atoms. The van der Waals surface area contributed by atoms with Crippen molar-refractivity contribution < 1.29 is 17.2 Å². The van der Waals surface area contributed by atoms with Crippen LogP contribution in [0.25, 0.3) is 0 Å². The van der Waals surface area contributed by atoms with E-state index in [2.05, 4.69) is 4.72 Å². The lowest BCUT2D eigenvalue weighted by Gasteiger charge is -2.09. The van der Waals surface area contributed by atoms with Crippen LogP contribution in [0.1, 0.15) is 0 Å². The molecule has 0 aliphatic heterocycles. The second-order valence-electron chi connectivity index (χ2n) is 4.08. The summed E-state index contributed by atoms with van der Waals surface area (Å²) >= 11 is 0.931. The minimum absolute atomic E-state index is 0.0178. The third-order valence-electron chi connectivity index (χ3n) is 2.68. The van der Waals surface area contributed by atoms with Gasteiger partial charge in [0, 0.05) is 21.5 Å². The molecule has 4 nitrogen and oxygen atoms in total. The highest BCUT2D eigenvalue weighted by atomic mass is 32.2. The zero-order chi connectivity index (χ0) is 15.6. The number of hydrogen-bond acceptors (Lipinski definition) is 4. The molecule has 0 saturated heterocycles. The molecule has 0 aliphatic carbocycles. The summed E-state index contributed by atoms with van der Waals surface area (Å²) in [6.45, 7) is 0. The molecule has 0 spiro atoms. The van der Waals surface area contributed by atoms with Crippen LogP contribution in [0.3, 0.4) is 0 Å². The predicted molar refractivity (Wildman–Crippen MR) is 77.6 cm³/mol. The van der Waals surface area contributed by atoms with Crippen LogP contribution in [-0.2, 0) is 10.0 Å². The molecule has 8 heteroatoms. The van der Waals surface area contributed by atoms with Gasteiger partial charge in [0.05, 0.1) is 4.90 Å². The SMILES string of the molecule is CNS(=O)(=O)c1ccc(N)c(Sc2ccc(F)cc2F)c1. The lowest BCUT2D eigenvalue weighted by Crippen LogP contribution is -2.18. The van der Waals surface area contributed by atoms with Gasteiger partial charge in [-0.2, -0.15) is 0 Å². The Balaban J connectivity index is 2.42. The van der Waals surface area contributed by atoms with Gasteiger partial charge in [-0.1, -0.05) is 11.8 Å². The van der Waals surface area contributed by atoms with E-state index in [0.717, 1.165) is 23.9 Å². The quantitative estimate of drug-likeness (QED) is 0.845. The number of nitrogens with one attached hydrogen (secondary N) is 1. The summed E-state index contributed by atoms with van der Waals surface area (Å²) in [5, 5.41) is 0. The van der Waals surface area contributed by atoms with Crippen LogP contribution in [0.15, 0.2) is 51.1 Å². The van der Waals surface area contributed by atoms with Crippen LogP contribution in [0, 0.1) is 11.6 Å². The number of anilines is 1. The third kappa shape index (κ3) is 3.52. The minimum atomic E-state index is -3.62. The molecule has 0 bridgehead atoms. The van der Waals surface area contributed by atoms with Crippen molar-refractivity contribution in [2.24, 2.45) is 0 Å². The average Bonchev–Trinajstić information content (AvgIpc) is 2.43. The van der Waals surface area contributed by atoms with Crippen LogP contribution >= 0.6 is 11.8 Å². The number of benzene rings is 2. The molecule has 0 unspecified atom stereocenters. The smallest absolute Gasteiger partial charge is 0.240 e. The van der Waals surface area contributed by atoms with E-state index in [1.165, 1.54) is 31.3 Å². The van der Waals surface area contributed by atoms with E-state index in [9.17, 15) is 17.2 Å². The zero-order valence-corrected chi connectivity index (χ0v) is 12.6. The minimum Gasteiger partial charge on any atom is -0.398 e. The number of rotatable bonds is 4. The molecule has 3 N–H and O–H groups in total. The first-order valence-corrected chi connectivity index (χ1v) is 8.09. The Morgan fingerprint density at radius 2 is 1.81 bits per heavy atom. The van der Waals surface area contributed by atoms with Crippen molar-refractivity contribution in [2.45, 2.75) is 14.7 Å². The van der Waals surface area contributed by atoms with Crippen LogP contribution in [0.5, 0.6) is 0 Å². The topological polar surface area (TPSA) is 72.2 Å². The van der Waals surface area contributed by atoms with E-state index in [-0.39, 0.29) is 9.79 Å². The molecular weight excluding hydrogens is 318 g/mol. The lowest BCUT2D eigenvalue weighted by atomic mass is 10.3. The fourth-order valence-electron chi connectivity index (χ4n) is 1.56. The van der Waals surface area contributed by atoms with Crippen molar-refractivity contribution in [1.82, 2.24) is 4.72 Å². The normalized spacial score (nSPS) is 11.6. The highest BCUT2D eigenvalue weighted by molar-refractivity contribution is 7.99. The zero-order valence-electron chi connectivity index (χ0n) is 10.9. The van der Waals surface area contributed by atoms with Crippen molar-refractivity contribution in [3.05, 3.63) is 48.0 Å². The molecule has 0 heterocycles. The average molecular weight is 330 g/mol. The fraction of sp³-hybridized carbons (Fsp3) is 0.0769. The van der Waals surface area contributed by atoms with Crippen molar-refractivity contribution in [3.63, 3.8) is 0 Å². The van der Waals surface area contributed by atoms with E-state index in [1.54, 1.807) is 0 Å². The predicted octanol–water partition coefficient (Wildman–Crippen LogP) is 2.61. The Hall–Kier alpha value is -1.64. The molecule has 2 rings (SSSR count). The maximum absolute atomic E-state index is 13.6. The molecule has 0 radical (unpaired) electrons. The van der Waals surface area contributed by atoms with Gasteiger partial charge in [0.1, 0.15) is 11.6 Å². The van der Waals surface area contributed by atoms with Crippen LogP contribution in [0.2, 0.25) is 0 Å². The summed E-state index contributed by atoms with van der Waals surface area (Å²) in [4.78, 5) is 0.545. The summed E-state index contributed by atoms with van der Waals surface area (Å²) < 4.78 is 52.2. The Morgan fingerprint density at radius 3 is 2.43 bits per heavy atom. The summed E-state index contributed by atoms with van der Waals surface area (Å²) in [5.74, 6) is -1.42. The van der Waals surface area contributed by atoms with Crippen molar-refractivity contribution in [2.75, 3.05) is 12.8 Å². The highest BCUT2D eigenvalue weighted by Gasteiger charge is 2.15. The van der Waals surface area contributed by atoms with Crippen LogP contribution in [-0.4, -0.2) is 15.5 Å². The van der Waals surface area contributed by atoms with E-state index in [0.29, 0.717) is 10.6 Å². The van der Waals surface area contributed by atoms with Gasteiger partial charge in [-0.3, -0.25) is 0 Å². The number of sulfonamides is 1. The van der Waals surface area contributed by atoms with Gasteiger partial charge in [0.25, 0.3) is 0 Å². The van der Waals surface area contributed by atoms with Gasteiger partial charge in [-0.25, -0.2) is 21.9 Å². The molecule has 112 valence electrons. The Bertz CT molecular complexity index is 780. The fourth-order valence-corrected chi connectivity index (χ4v) is 3.30. The van der Waals surface area contributed by atoms with Crippen molar-refractivity contribution in [1.29, 1.82) is 0 Å². The van der Waals surface area contributed by atoms with E-state index in [4.69, 9.17) is 5.73 Å². The Kier molecular flexibility index (Phi) is 4.50. The summed E-state index contributed by atoms with van der Waals surface area (Å²) in [5.41, 5.74) is 6.07. The van der Waals surface area contributed by atoms with E-state index in [1.807, 2.05) is 0 Å². The van der Waals surface area contributed by atoms with Gasteiger partial charge < -0.3 is 5.73 Å². The van der Waals surface area contributed by atoms with Gasteiger partial charge in [0.15, 0.2) is 0 Å². The summed E-state index contributed by atoms with van der Waals surface area (Å²) in [7, 11) is -2.33. The number of nitrogen functional groups attached to an aromatic ring is 1. The van der Waals surface area contributed by atoms with Crippen molar-refractivity contribution in [3.8, 4) is 0 Å². The Morgan fingerprint density at radius 1 is 1.10 bits per heavy atom. The van der Waals surface area contributed by atoms with E-state index >= 15 is 0 Å². The van der Waals surface area contributed by atoms with Crippen LogP contribution in [0.4, 0.5) is 14.5 Å². The second kappa shape index (κ2) is 6.00. The van der Waals surface area contributed by atoms with E-state index < -0.39 is 21.7 Å². The van der Waals surface area contributed by atoms with Gasteiger partial charge in [-0.05, 0) is 37.4 Å². The molecule has 2 aromatic carbocycles. The molecule has 0 fully saturated rings. The lowest BCUT2D eigenvalue weighted by molar-refractivity contribution is 0.565. The Labute approximate surface area is 125 Å². The highest BCUT2D eigenvalue weighted by Crippen LogP contribution is 2.35. The first-order valence-electron chi connectivity index (χ1n) is 5.79. The van der Waals surface area contributed by atoms with Crippen LogP contribution < -0.4 is 10.5 Å². The van der Waals surface area contributed by atoms with Gasteiger partial charge in [-0.15, -0.1) is 0 Å². The van der Waals surface area contributed by atoms with Gasteiger partial charge >= 0.3 is 0 Å². The maximum atomic E-state index is 13.6.